The number of halogens is 1. The molecule has 0 radical (unpaired) electrons. The Bertz CT molecular complexity index is 627. The number of carbonyl (C=O) groups excluding carboxylic acids is 1. The molecule has 0 fully saturated rings. The van der Waals surface area contributed by atoms with Crippen LogP contribution in [0.1, 0.15) is 10.4 Å². The Balaban J connectivity index is 1.66. The lowest BCUT2D eigenvalue weighted by atomic mass is 10.1. The van der Waals surface area contributed by atoms with Crippen molar-refractivity contribution < 1.29 is 14.0 Å². The zero-order chi connectivity index (χ0) is 15.8. The molecular formula is C15H16FN3O2S. The number of nitrogens with zero attached hydrogens (tertiary/aromatic N) is 1. The highest BCUT2D eigenvalue weighted by atomic mass is 32.1. The van der Waals surface area contributed by atoms with Crippen LogP contribution >= 0.6 is 11.3 Å². The summed E-state index contributed by atoms with van der Waals surface area (Å²) in [5.41, 5.74) is 6.63. The molecule has 0 unspecified atom stereocenters. The van der Waals surface area contributed by atoms with Gasteiger partial charge >= 0.3 is 0 Å². The minimum atomic E-state index is -0.287. The number of oxime groups is 1. The lowest BCUT2D eigenvalue weighted by Crippen LogP contribution is -2.29. The molecule has 22 heavy (non-hydrogen) atoms. The number of thiophene rings is 1. The van der Waals surface area contributed by atoms with Crippen molar-refractivity contribution in [2.75, 3.05) is 13.2 Å². The van der Waals surface area contributed by atoms with Crippen LogP contribution in [0.4, 0.5) is 4.39 Å². The van der Waals surface area contributed by atoms with Gasteiger partial charge in [0.15, 0.2) is 12.4 Å². The monoisotopic (exact) mass is 321 g/mol. The highest BCUT2D eigenvalue weighted by Crippen LogP contribution is 2.07. The summed E-state index contributed by atoms with van der Waals surface area (Å²) in [7, 11) is 0. The van der Waals surface area contributed by atoms with Crippen LogP contribution in [-0.2, 0) is 16.1 Å². The van der Waals surface area contributed by atoms with Crippen LogP contribution in [0, 0.1) is 5.82 Å². The van der Waals surface area contributed by atoms with Crippen LogP contribution in [-0.4, -0.2) is 24.9 Å². The largest absolute Gasteiger partial charge is 0.384 e. The van der Waals surface area contributed by atoms with Gasteiger partial charge in [-0.1, -0.05) is 23.4 Å². The van der Waals surface area contributed by atoms with Gasteiger partial charge in [-0.15, -0.1) is 11.3 Å². The predicted molar refractivity (Wildman–Crippen MR) is 84.1 cm³/mol. The molecule has 1 aromatic heterocycles. The molecule has 0 bridgehead atoms. The van der Waals surface area contributed by atoms with Gasteiger partial charge in [-0.05, 0) is 35.6 Å². The van der Waals surface area contributed by atoms with Crippen molar-refractivity contribution in [2.45, 2.75) is 6.42 Å². The number of amides is 1. The third-order valence-electron chi connectivity index (χ3n) is 2.78. The number of hydrogen-bond donors (Lipinski definition) is 2. The third kappa shape index (κ3) is 5.17. The van der Waals surface area contributed by atoms with E-state index in [-0.39, 0.29) is 24.2 Å². The maximum atomic E-state index is 12.7. The summed E-state index contributed by atoms with van der Waals surface area (Å²) in [4.78, 5) is 17.2. The number of nitrogens with two attached hydrogens (primary N) is 1. The van der Waals surface area contributed by atoms with Gasteiger partial charge in [0, 0.05) is 6.54 Å². The van der Waals surface area contributed by atoms with Crippen LogP contribution in [0.2, 0.25) is 0 Å². The molecule has 0 aliphatic heterocycles. The van der Waals surface area contributed by atoms with Crippen molar-refractivity contribution in [3.05, 3.63) is 58.0 Å². The van der Waals surface area contributed by atoms with Gasteiger partial charge in [-0.25, -0.2) is 4.39 Å². The number of nitrogens with one attached hydrogen (secondary N) is 1. The van der Waals surface area contributed by atoms with Gasteiger partial charge in [-0.2, -0.15) is 0 Å². The van der Waals surface area contributed by atoms with E-state index in [1.54, 1.807) is 12.1 Å². The molecule has 7 heteroatoms. The molecule has 1 heterocycles. The molecule has 2 aromatic rings. The Labute approximate surface area is 131 Å². The summed E-state index contributed by atoms with van der Waals surface area (Å²) >= 11 is 1.44. The fourth-order valence-corrected chi connectivity index (χ4v) is 2.30. The molecule has 0 saturated heterocycles. The normalized spacial score (nSPS) is 11.2. The SMILES string of the molecule is N/C(=N/OCC(=O)NCCc1ccc(F)cc1)c1cccs1. The van der Waals surface area contributed by atoms with E-state index in [2.05, 4.69) is 10.5 Å². The highest BCUT2D eigenvalue weighted by Gasteiger charge is 2.03. The minimum Gasteiger partial charge on any atom is -0.384 e. The number of hydrogen-bond acceptors (Lipinski definition) is 4. The third-order valence-corrected chi connectivity index (χ3v) is 3.67. The van der Waals surface area contributed by atoms with Crippen molar-refractivity contribution in [3.8, 4) is 0 Å². The molecule has 116 valence electrons. The Morgan fingerprint density at radius 2 is 2.09 bits per heavy atom. The smallest absolute Gasteiger partial charge is 0.260 e. The van der Waals surface area contributed by atoms with Crippen molar-refractivity contribution in [3.63, 3.8) is 0 Å². The highest BCUT2D eigenvalue weighted by molar-refractivity contribution is 7.12. The molecule has 0 atom stereocenters. The Morgan fingerprint density at radius 1 is 1.32 bits per heavy atom. The van der Waals surface area contributed by atoms with Gasteiger partial charge in [-0.3, -0.25) is 4.79 Å². The zero-order valence-electron chi connectivity index (χ0n) is 11.8. The first-order valence-corrected chi connectivity index (χ1v) is 7.53. The molecule has 1 amide bonds. The number of carbonyl (C=O) groups is 1. The number of benzene rings is 1. The minimum absolute atomic E-state index is 0.199. The van der Waals surface area contributed by atoms with E-state index in [0.29, 0.717) is 13.0 Å². The van der Waals surface area contributed by atoms with E-state index in [1.165, 1.54) is 23.5 Å². The average molecular weight is 321 g/mol. The van der Waals surface area contributed by atoms with Gasteiger partial charge in [0.25, 0.3) is 5.91 Å². The second-order valence-corrected chi connectivity index (χ2v) is 5.40. The summed E-state index contributed by atoms with van der Waals surface area (Å²) in [5, 5.41) is 8.25. The quantitative estimate of drug-likeness (QED) is 0.464. The standard InChI is InChI=1S/C15H16FN3O2S/c16-12-5-3-11(4-6-12)7-8-18-14(20)10-21-19-15(17)13-2-1-9-22-13/h1-6,9H,7-8,10H2,(H2,17,19)(H,18,20). The molecule has 0 saturated carbocycles. The van der Waals surface area contributed by atoms with E-state index >= 15 is 0 Å². The predicted octanol–water partition coefficient (Wildman–Crippen LogP) is 1.88. The molecule has 0 aliphatic carbocycles. The van der Waals surface area contributed by atoms with E-state index in [1.807, 2.05) is 17.5 Å². The lowest BCUT2D eigenvalue weighted by Gasteiger charge is -2.05. The van der Waals surface area contributed by atoms with Gasteiger partial charge in [0.2, 0.25) is 0 Å². The van der Waals surface area contributed by atoms with Gasteiger partial charge in [0.05, 0.1) is 4.88 Å². The summed E-state index contributed by atoms with van der Waals surface area (Å²) in [5.74, 6) is -0.318. The van der Waals surface area contributed by atoms with Crippen LogP contribution in [0.3, 0.4) is 0 Å². The molecule has 0 aliphatic rings. The number of rotatable bonds is 7. The number of amidine groups is 1. The summed E-state index contributed by atoms with van der Waals surface area (Å²) < 4.78 is 12.7. The van der Waals surface area contributed by atoms with Crippen molar-refractivity contribution in [1.82, 2.24) is 5.32 Å². The van der Waals surface area contributed by atoms with Crippen LogP contribution < -0.4 is 11.1 Å². The Morgan fingerprint density at radius 3 is 2.77 bits per heavy atom. The van der Waals surface area contributed by atoms with Gasteiger partial charge < -0.3 is 15.9 Å². The summed E-state index contributed by atoms with van der Waals surface area (Å²) in [6, 6.07) is 9.82. The topological polar surface area (TPSA) is 76.7 Å². The fraction of sp³-hybridized carbons (Fsp3) is 0.200. The van der Waals surface area contributed by atoms with E-state index in [4.69, 9.17) is 10.6 Å². The first-order valence-electron chi connectivity index (χ1n) is 6.65. The first-order chi connectivity index (χ1) is 10.6. The summed E-state index contributed by atoms with van der Waals surface area (Å²) in [6.45, 7) is 0.243. The summed E-state index contributed by atoms with van der Waals surface area (Å²) in [6.07, 6.45) is 0.618. The Kier molecular flexibility index (Phi) is 5.91. The average Bonchev–Trinajstić information content (AvgIpc) is 3.03. The molecule has 5 nitrogen and oxygen atoms in total. The zero-order valence-corrected chi connectivity index (χ0v) is 12.6. The first kappa shape index (κ1) is 16.0. The maximum absolute atomic E-state index is 12.7. The molecule has 1 aromatic carbocycles. The molecular weight excluding hydrogens is 305 g/mol. The fourth-order valence-electron chi connectivity index (χ4n) is 1.68. The Hall–Kier alpha value is -2.41. The second kappa shape index (κ2) is 8.14. The lowest BCUT2D eigenvalue weighted by molar-refractivity contribution is -0.125. The van der Waals surface area contributed by atoms with Crippen LogP contribution in [0.15, 0.2) is 46.9 Å². The van der Waals surface area contributed by atoms with E-state index < -0.39 is 0 Å². The van der Waals surface area contributed by atoms with Crippen LogP contribution in [0.25, 0.3) is 0 Å². The van der Waals surface area contributed by atoms with Crippen LogP contribution in [0.5, 0.6) is 0 Å². The molecule has 2 rings (SSSR count). The van der Waals surface area contributed by atoms with E-state index in [0.717, 1.165) is 10.4 Å². The maximum Gasteiger partial charge on any atom is 0.260 e. The van der Waals surface area contributed by atoms with Crippen molar-refractivity contribution in [1.29, 1.82) is 0 Å². The van der Waals surface area contributed by atoms with Crippen molar-refractivity contribution >= 4 is 23.1 Å². The van der Waals surface area contributed by atoms with Gasteiger partial charge in [0.1, 0.15) is 5.82 Å². The van der Waals surface area contributed by atoms with Crippen molar-refractivity contribution in [2.24, 2.45) is 10.9 Å². The molecule has 3 N–H and O–H groups in total. The second-order valence-electron chi connectivity index (χ2n) is 4.45. The van der Waals surface area contributed by atoms with E-state index in [9.17, 15) is 9.18 Å². The molecule has 0 spiro atoms.